The monoisotopic (exact) mass is 810 g/mol. The van der Waals surface area contributed by atoms with Crippen molar-refractivity contribution in [2.45, 2.75) is 122 Å². The van der Waals surface area contributed by atoms with Gasteiger partial charge in [0.1, 0.15) is 35.2 Å². The third-order valence-electron chi connectivity index (χ3n) is 11.7. The van der Waals surface area contributed by atoms with Gasteiger partial charge in [0.05, 0.1) is 65.6 Å². The summed E-state index contributed by atoms with van der Waals surface area (Å²) in [4.78, 5) is 13.0. The predicted molar refractivity (Wildman–Crippen MR) is 220 cm³/mol. The Bertz CT molecular complexity index is 1640. The van der Waals surface area contributed by atoms with Crippen molar-refractivity contribution in [2.75, 3.05) is 34.3 Å². The summed E-state index contributed by atoms with van der Waals surface area (Å²) < 4.78 is 57.7. The van der Waals surface area contributed by atoms with E-state index >= 15 is 0 Å². The van der Waals surface area contributed by atoms with E-state index in [9.17, 15) is 4.79 Å². The number of carbonyl (C=O) groups excluding carboxylic acids is 1. The molecule has 10 atom stereocenters. The number of hydrogen-bond donors (Lipinski definition) is 0. The lowest BCUT2D eigenvalue weighted by Crippen LogP contribution is -2.66. The van der Waals surface area contributed by atoms with Gasteiger partial charge in [0.15, 0.2) is 5.79 Å². The number of carbonyl (C=O) groups is 1. The van der Waals surface area contributed by atoms with Gasteiger partial charge in [-0.15, -0.1) is 11.6 Å². The Kier molecular flexibility index (Phi) is 17.1. The molecule has 0 aromatic heterocycles. The molecule has 10 nitrogen and oxygen atoms in total. The van der Waals surface area contributed by atoms with E-state index in [1.54, 1.807) is 35.4 Å². The van der Waals surface area contributed by atoms with E-state index in [0.717, 1.165) is 53.2 Å². The summed E-state index contributed by atoms with van der Waals surface area (Å²) in [5, 5.41) is 0. The van der Waals surface area contributed by atoms with Crippen molar-refractivity contribution in [1.29, 1.82) is 0 Å². The van der Waals surface area contributed by atoms with Gasteiger partial charge in [-0.2, -0.15) is 0 Å². The van der Waals surface area contributed by atoms with Gasteiger partial charge in [0.2, 0.25) is 0 Å². The number of ketones is 1. The first-order valence-electron chi connectivity index (χ1n) is 20.2. The van der Waals surface area contributed by atoms with E-state index in [0.29, 0.717) is 18.9 Å². The number of ether oxygens (including phenoxy) is 9. The minimum atomic E-state index is -1.17. The molecule has 0 N–H and O–H groups in total. The van der Waals surface area contributed by atoms with Gasteiger partial charge in [-0.3, -0.25) is 4.79 Å². The molecule has 11 heteroatoms. The van der Waals surface area contributed by atoms with Gasteiger partial charge < -0.3 is 42.6 Å². The van der Waals surface area contributed by atoms with Gasteiger partial charge in [0, 0.05) is 31.7 Å². The quantitative estimate of drug-likeness (QED) is 0.0766. The summed E-state index contributed by atoms with van der Waals surface area (Å²) in [6.45, 7) is 9.05. The molecule has 0 bridgehead atoms. The second-order valence-corrected chi connectivity index (χ2v) is 16.0. The Hall–Kier alpha value is -3.22. The van der Waals surface area contributed by atoms with Gasteiger partial charge in [-0.25, -0.2) is 0 Å². The number of unbranched alkanes of at least 4 members (excludes halogenated alkanes) is 1. The topological polar surface area (TPSA) is 100 Å². The average Bonchev–Trinajstić information content (AvgIpc) is 3.22. The van der Waals surface area contributed by atoms with Crippen molar-refractivity contribution in [3.63, 3.8) is 0 Å². The minimum absolute atomic E-state index is 0.0203. The Balaban J connectivity index is 1.54. The highest BCUT2D eigenvalue weighted by Gasteiger charge is 2.58. The van der Waals surface area contributed by atoms with Crippen molar-refractivity contribution in [3.05, 3.63) is 89.5 Å². The van der Waals surface area contributed by atoms with Crippen LogP contribution in [0.3, 0.4) is 0 Å². The lowest BCUT2D eigenvalue weighted by atomic mass is 9.75. The molecule has 2 heterocycles. The third-order valence-corrected chi connectivity index (χ3v) is 12.0. The van der Waals surface area contributed by atoms with Crippen LogP contribution in [-0.4, -0.2) is 82.5 Å². The highest BCUT2D eigenvalue weighted by Crippen LogP contribution is 2.46. The van der Waals surface area contributed by atoms with Gasteiger partial charge in [-0.05, 0) is 91.1 Å². The number of methoxy groups -OCH3 is 4. The first-order valence-corrected chi connectivity index (χ1v) is 20.8. The number of benzene rings is 3. The largest absolute Gasteiger partial charge is 0.497 e. The van der Waals surface area contributed by atoms with Crippen LogP contribution in [0.15, 0.2) is 72.8 Å². The Morgan fingerprint density at radius 2 is 1.23 bits per heavy atom. The maximum atomic E-state index is 13.0. The van der Waals surface area contributed by atoms with E-state index in [2.05, 4.69) is 20.8 Å². The molecular weight excluding hydrogens is 748 g/mol. The van der Waals surface area contributed by atoms with Crippen molar-refractivity contribution in [3.8, 4) is 17.2 Å². The number of Topliss-reactive ketones (excluding diaryl/α,β-unsaturated/α-hetero) is 1. The number of alkyl halides is 1. The van der Waals surface area contributed by atoms with Crippen LogP contribution in [-0.2, 0) is 53.0 Å². The van der Waals surface area contributed by atoms with E-state index in [1.807, 2.05) is 72.8 Å². The molecule has 0 unspecified atom stereocenters. The second kappa shape index (κ2) is 21.7. The van der Waals surface area contributed by atoms with Crippen molar-refractivity contribution < 1.29 is 47.4 Å². The van der Waals surface area contributed by atoms with E-state index in [-0.39, 0.29) is 49.3 Å². The molecule has 2 aliphatic rings. The highest BCUT2D eigenvalue weighted by atomic mass is 35.5. The molecule has 0 radical (unpaired) electrons. The normalized spacial score (nSPS) is 28.1. The van der Waals surface area contributed by atoms with Crippen LogP contribution < -0.4 is 14.2 Å². The van der Waals surface area contributed by atoms with Crippen LogP contribution in [0.25, 0.3) is 0 Å². The summed E-state index contributed by atoms with van der Waals surface area (Å²) in [5.41, 5.74) is 2.89. The molecule has 0 saturated carbocycles. The smallest absolute Gasteiger partial charge is 0.197 e. The molecular formula is C46H63ClO10. The van der Waals surface area contributed by atoms with Crippen LogP contribution in [0.2, 0.25) is 0 Å². The number of rotatable bonds is 21. The summed E-state index contributed by atoms with van der Waals surface area (Å²) in [6.07, 6.45) is 0.243. The molecule has 2 saturated heterocycles. The molecule has 314 valence electrons. The first-order chi connectivity index (χ1) is 27.5. The van der Waals surface area contributed by atoms with Gasteiger partial charge in [0.25, 0.3) is 0 Å². The van der Waals surface area contributed by atoms with Gasteiger partial charge >= 0.3 is 0 Å². The third kappa shape index (κ3) is 11.7. The summed E-state index contributed by atoms with van der Waals surface area (Å²) in [6, 6.07) is 23.4. The minimum Gasteiger partial charge on any atom is -0.497 e. The molecule has 0 spiro atoms. The molecule has 0 aliphatic carbocycles. The van der Waals surface area contributed by atoms with Crippen LogP contribution in [0.5, 0.6) is 17.2 Å². The van der Waals surface area contributed by atoms with E-state index < -0.39 is 36.3 Å². The van der Waals surface area contributed by atoms with Crippen LogP contribution in [0.4, 0.5) is 0 Å². The number of halogens is 1. The first kappa shape index (κ1) is 44.9. The fourth-order valence-electron chi connectivity index (χ4n) is 8.16. The van der Waals surface area contributed by atoms with Crippen molar-refractivity contribution in [1.82, 2.24) is 0 Å². The zero-order valence-corrected chi connectivity index (χ0v) is 35.7. The van der Waals surface area contributed by atoms with Crippen LogP contribution >= 0.6 is 11.6 Å². The van der Waals surface area contributed by atoms with Crippen molar-refractivity contribution in [2.24, 2.45) is 17.8 Å². The molecule has 2 fully saturated rings. The molecule has 3 aromatic carbocycles. The molecule has 3 aromatic rings. The SMILES string of the molecule is COc1ccc(CO[C@@H]2[C@@H](C)[C@H]([C@H](OCc3ccc(OC)cc3)[C@@]3(OC)C[C@H](C)[C@@H](C)[C@@H](CCCCCl)O3)O[C@H](CC(C)=O)[C@H]2OCc2ccc(OC)cc2)cc1. The fourth-order valence-corrected chi connectivity index (χ4v) is 8.35. The Labute approximate surface area is 344 Å². The lowest BCUT2D eigenvalue weighted by molar-refractivity contribution is -0.364. The van der Waals surface area contributed by atoms with E-state index in [1.165, 1.54) is 0 Å². The molecule has 2 aliphatic heterocycles. The fraction of sp³-hybridized carbons (Fsp3) is 0.587. The lowest BCUT2D eigenvalue weighted by Gasteiger charge is -2.54. The maximum absolute atomic E-state index is 13.0. The van der Waals surface area contributed by atoms with Gasteiger partial charge in [-0.1, -0.05) is 57.2 Å². The zero-order valence-electron chi connectivity index (χ0n) is 34.9. The Morgan fingerprint density at radius 3 is 1.70 bits per heavy atom. The van der Waals surface area contributed by atoms with Crippen LogP contribution in [0.1, 0.15) is 76.5 Å². The second-order valence-electron chi connectivity index (χ2n) is 15.6. The predicted octanol–water partition coefficient (Wildman–Crippen LogP) is 8.96. The zero-order chi connectivity index (χ0) is 41.0. The molecule has 0 amide bonds. The molecule has 57 heavy (non-hydrogen) atoms. The summed E-state index contributed by atoms with van der Waals surface area (Å²) >= 11 is 6.11. The highest BCUT2D eigenvalue weighted by molar-refractivity contribution is 6.17. The Morgan fingerprint density at radius 1 is 0.719 bits per heavy atom. The van der Waals surface area contributed by atoms with Crippen molar-refractivity contribution >= 4 is 17.4 Å². The molecule has 5 rings (SSSR count). The number of hydrogen-bond acceptors (Lipinski definition) is 10. The van der Waals surface area contributed by atoms with Crippen LogP contribution in [0, 0.1) is 17.8 Å². The average molecular weight is 811 g/mol. The maximum Gasteiger partial charge on any atom is 0.197 e. The van der Waals surface area contributed by atoms with E-state index in [4.69, 9.17) is 54.2 Å². The standard InChI is InChI=1S/C46H63ClO10/c1-30-26-46(52-8,57-40(32(30)3)11-9-10-24-47)45(55-29-36-16-22-39(51-7)23-17-36)43-33(4)42(53-27-34-12-18-37(49-5)19-13-34)44(41(56-43)25-31(2)48)54-28-35-14-20-38(50-6)21-15-35/h12-23,30,32-33,40-45H,9-11,24-29H2,1-8H3/t30-,32+,33+,40+,41+,42+,43+,44+,45-,46+/m0/s1. The summed E-state index contributed by atoms with van der Waals surface area (Å²) in [7, 11) is 6.63. The summed E-state index contributed by atoms with van der Waals surface area (Å²) in [5.74, 6) is 1.94.